The summed E-state index contributed by atoms with van der Waals surface area (Å²) in [5.41, 5.74) is 5.48. The van der Waals surface area contributed by atoms with Crippen molar-refractivity contribution >= 4 is 40.4 Å². The first-order valence-electron chi connectivity index (χ1n) is 10.2. The number of nitrogens with zero attached hydrogens (tertiary/aromatic N) is 3. The molecule has 0 radical (unpaired) electrons. The second kappa shape index (κ2) is 8.39. The van der Waals surface area contributed by atoms with Crippen LogP contribution in [0.2, 0.25) is 0 Å². The molecule has 1 aliphatic rings. The molecule has 3 heterocycles. The number of fused-ring (bicyclic) bond motifs is 1. The Morgan fingerprint density at radius 2 is 1.77 bits per heavy atom. The van der Waals surface area contributed by atoms with Crippen LogP contribution in [0.5, 0.6) is 0 Å². The van der Waals surface area contributed by atoms with Crippen LogP contribution in [0.4, 0.5) is 17.3 Å². The van der Waals surface area contributed by atoms with Gasteiger partial charge in [-0.25, -0.2) is 9.97 Å². The van der Waals surface area contributed by atoms with Gasteiger partial charge in [-0.15, -0.1) is 0 Å². The van der Waals surface area contributed by atoms with Gasteiger partial charge in [-0.2, -0.15) is 0 Å². The number of nitrogens with one attached hydrogen (secondary N) is 3. The van der Waals surface area contributed by atoms with E-state index in [1.807, 2.05) is 30.7 Å². The molecule has 2 aromatic carbocycles. The molecule has 0 unspecified atom stereocenters. The minimum absolute atomic E-state index is 0.595. The molecule has 6 nitrogen and oxygen atoms in total. The lowest BCUT2D eigenvalue weighted by atomic mass is 10.1. The predicted molar refractivity (Wildman–Crippen MR) is 124 cm³/mol. The molecular formula is C24H24N6. The highest BCUT2D eigenvalue weighted by molar-refractivity contribution is 5.91. The van der Waals surface area contributed by atoms with Gasteiger partial charge in [-0.05, 0) is 35.9 Å². The molecule has 2 aromatic heterocycles. The van der Waals surface area contributed by atoms with Gasteiger partial charge in [-0.1, -0.05) is 30.4 Å². The Bertz CT molecular complexity index is 1160. The molecular weight excluding hydrogens is 372 g/mol. The van der Waals surface area contributed by atoms with Gasteiger partial charge in [0.15, 0.2) is 0 Å². The summed E-state index contributed by atoms with van der Waals surface area (Å²) in [6.07, 6.45) is 9.77. The van der Waals surface area contributed by atoms with Crippen LogP contribution in [0.15, 0.2) is 67.1 Å². The Morgan fingerprint density at radius 1 is 0.933 bits per heavy atom. The lowest BCUT2D eigenvalue weighted by Gasteiger charge is -2.29. The second-order valence-corrected chi connectivity index (χ2v) is 7.37. The average molecular weight is 396 g/mol. The number of anilines is 3. The molecule has 0 spiro atoms. The standard InChI is InChI=1S/C24H24N6/c1-3-19(22-9-10-26-23(22)6-1)8-7-18-16-27-24(28-17-18)29-20-4-2-5-21(15-20)30-13-11-25-12-14-30/h1-10,15-17,25-26H,11-14H2,(H,27,28,29)/b8-7+. The van der Waals surface area contributed by atoms with E-state index in [1.165, 1.54) is 16.6 Å². The van der Waals surface area contributed by atoms with E-state index in [1.54, 1.807) is 0 Å². The van der Waals surface area contributed by atoms with Crippen molar-refractivity contribution in [3.63, 3.8) is 0 Å². The number of aromatic amines is 1. The molecule has 0 bridgehead atoms. The number of hydrogen-bond donors (Lipinski definition) is 3. The number of H-pyrrole nitrogens is 1. The van der Waals surface area contributed by atoms with Gasteiger partial charge in [0.1, 0.15) is 0 Å². The van der Waals surface area contributed by atoms with Crippen LogP contribution < -0.4 is 15.5 Å². The summed E-state index contributed by atoms with van der Waals surface area (Å²) in [7, 11) is 0. The van der Waals surface area contributed by atoms with Gasteiger partial charge < -0.3 is 20.5 Å². The molecule has 5 rings (SSSR count). The zero-order valence-corrected chi connectivity index (χ0v) is 16.7. The maximum atomic E-state index is 4.48. The van der Waals surface area contributed by atoms with Crippen molar-refractivity contribution in [1.29, 1.82) is 0 Å². The van der Waals surface area contributed by atoms with Crippen molar-refractivity contribution in [3.8, 4) is 0 Å². The van der Waals surface area contributed by atoms with Crippen molar-refractivity contribution in [1.82, 2.24) is 20.3 Å². The third kappa shape index (κ3) is 4.04. The molecule has 1 aliphatic heterocycles. The minimum atomic E-state index is 0.595. The van der Waals surface area contributed by atoms with Crippen molar-refractivity contribution in [3.05, 3.63) is 78.2 Å². The lowest BCUT2D eigenvalue weighted by molar-refractivity contribution is 0.589. The van der Waals surface area contributed by atoms with Crippen LogP contribution in [0.3, 0.4) is 0 Å². The molecule has 1 fully saturated rings. The van der Waals surface area contributed by atoms with Crippen LogP contribution in [0.25, 0.3) is 23.1 Å². The van der Waals surface area contributed by atoms with Gasteiger partial charge in [0, 0.05) is 72.6 Å². The summed E-state index contributed by atoms with van der Waals surface area (Å²) in [6, 6.07) is 16.7. The molecule has 1 saturated heterocycles. The fourth-order valence-electron chi connectivity index (χ4n) is 3.76. The molecule has 150 valence electrons. The van der Waals surface area contributed by atoms with Crippen LogP contribution in [0.1, 0.15) is 11.1 Å². The third-order valence-electron chi connectivity index (χ3n) is 5.34. The third-order valence-corrected chi connectivity index (χ3v) is 5.34. The summed E-state index contributed by atoms with van der Waals surface area (Å²) in [4.78, 5) is 14.6. The van der Waals surface area contributed by atoms with Gasteiger partial charge in [0.25, 0.3) is 0 Å². The van der Waals surface area contributed by atoms with Gasteiger partial charge in [0.2, 0.25) is 5.95 Å². The molecule has 3 N–H and O–H groups in total. The van der Waals surface area contributed by atoms with E-state index in [0.29, 0.717) is 5.95 Å². The van der Waals surface area contributed by atoms with E-state index in [4.69, 9.17) is 0 Å². The zero-order valence-electron chi connectivity index (χ0n) is 16.7. The SMILES string of the molecule is C(=C\c1cccc2[nH]ccc12)/c1cnc(Nc2cccc(N3CCNCC3)c2)nc1. The summed E-state index contributed by atoms with van der Waals surface area (Å²) >= 11 is 0. The normalized spacial score (nSPS) is 14.5. The highest BCUT2D eigenvalue weighted by atomic mass is 15.2. The minimum Gasteiger partial charge on any atom is -0.369 e. The van der Waals surface area contributed by atoms with E-state index in [0.717, 1.165) is 42.9 Å². The summed E-state index contributed by atoms with van der Waals surface area (Å²) in [6.45, 7) is 4.09. The van der Waals surface area contributed by atoms with E-state index in [-0.39, 0.29) is 0 Å². The largest absolute Gasteiger partial charge is 0.369 e. The summed E-state index contributed by atoms with van der Waals surface area (Å²) in [5.74, 6) is 0.595. The molecule has 4 aromatic rings. The molecule has 6 heteroatoms. The van der Waals surface area contributed by atoms with Crippen molar-refractivity contribution in [2.24, 2.45) is 0 Å². The Hall–Kier alpha value is -3.64. The number of rotatable bonds is 5. The first-order chi connectivity index (χ1) is 14.8. The van der Waals surface area contributed by atoms with Crippen LogP contribution >= 0.6 is 0 Å². The fourth-order valence-corrected chi connectivity index (χ4v) is 3.76. The Balaban J connectivity index is 1.28. The van der Waals surface area contributed by atoms with E-state index < -0.39 is 0 Å². The topological polar surface area (TPSA) is 68.9 Å². The predicted octanol–water partition coefficient (Wildman–Crippen LogP) is 4.28. The molecule has 30 heavy (non-hydrogen) atoms. The maximum Gasteiger partial charge on any atom is 0.227 e. The number of aromatic nitrogens is 3. The molecule has 0 aliphatic carbocycles. The molecule has 0 atom stereocenters. The van der Waals surface area contributed by atoms with E-state index >= 15 is 0 Å². The van der Waals surface area contributed by atoms with E-state index in [9.17, 15) is 0 Å². The zero-order chi connectivity index (χ0) is 20.2. The first-order valence-corrected chi connectivity index (χ1v) is 10.2. The average Bonchev–Trinajstić information content (AvgIpc) is 3.29. The van der Waals surface area contributed by atoms with Crippen LogP contribution in [-0.4, -0.2) is 41.1 Å². The lowest BCUT2D eigenvalue weighted by Crippen LogP contribution is -2.43. The number of hydrogen-bond acceptors (Lipinski definition) is 5. The quantitative estimate of drug-likeness (QED) is 0.470. The van der Waals surface area contributed by atoms with Crippen molar-refractivity contribution < 1.29 is 0 Å². The van der Waals surface area contributed by atoms with Gasteiger partial charge in [-0.3, -0.25) is 0 Å². The number of benzene rings is 2. The number of piperazine rings is 1. The molecule has 0 amide bonds. The molecule has 0 saturated carbocycles. The summed E-state index contributed by atoms with van der Waals surface area (Å²) in [5, 5.41) is 7.91. The highest BCUT2D eigenvalue weighted by Gasteiger charge is 2.10. The fraction of sp³-hybridized carbons (Fsp3) is 0.167. The van der Waals surface area contributed by atoms with Crippen molar-refractivity contribution in [2.45, 2.75) is 0 Å². The van der Waals surface area contributed by atoms with Crippen LogP contribution in [-0.2, 0) is 0 Å². The van der Waals surface area contributed by atoms with Gasteiger partial charge in [0.05, 0.1) is 0 Å². The maximum absolute atomic E-state index is 4.48. The Labute approximate surface area is 175 Å². The van der Waals surface area contributed by atoms with Gasteiger partial charge >= 0.3 is 0 Å². The van der Waals surface area contributed by atoms with Crippen LogP contribution in [0, 0.1) is 0 Å². The van der Waals surface area contributed by atoms with E-state index in [2.05, 4.69) is 79.0 Å². The first kappa shape index (κ1) is 18.4. The Kier molecular flexibility index (Phi) is 5.14. The second-order valence-electron chi connectivity index (χ2n) is 7.37. The monoisotopic (exact) mass is 396 g/mol. The highest BCUT2D eigenvalue weighted by Crippen LogP contribution is 2.22. The van der Waals surface area contributed by atoms with Crippen molar-refractivity contribution in [2.75, 3.05) is 36.4 Å². The smallest absolute Gasteiger partial charge is 0.227 e. The summed E-state index contributed by atoms with van der Waals surface area (Å²) < 4.78 is 0. The Morgan fingerprint density at radius 3 is 2.63 bits per heavy atom.